The summed E-state index contributed by atoms with van der Waals surface area (Å²) in [6, 6.07) is 3.59. The molecule has 0 fully saturated rings. The molecule has 1 rings (SSSR count). The third-order valence-electron chi connectivity index (χ3n) is 2.36. The molecule has 0 aliphatic rings. The molecule has 108 valence electrons. The van der Waals surface area contributed by atoms with Crippen LogP contribution in [0.25, 0.3) is 0 Å². The number of hydrogen-bond acceptors (Lipinski definition) is 5. The van der Waals surface area contributed by atoms with Gasteiger partial charge in [-0.2, -0.15) is 0 Å². The molecule has 0 atom stereocenters. The summed E-state index contributed by atoms with van der Waals surface area (Å²) in [5, 5.41) is 3.18. The zero-order valence-electron chi connectivity index (χ0n) is 11.5. The minimum absolute atomic E-state index is 0.0821. The van der Waals surface area contributed by atoms with Crippen LogP contribution in [0.5, 0.6) is 5.88 Å². The lowest BCUT2D eigenvalue weighted by Gasteiger charge is -2.10. The summed E-state index contributed by atoms with van der Waals surface area (Å²) >= 11 is 0. The first-order chi connectivity index (χ1) is 8.93. The van der Waals surface area contributed by atoms with E-state index in [4.69, 9.17) is 4.74 Å². The van der Waals surface area contributed by atoms with E-state index in [0.717, 1.165) is 0 Å². The molecule has 6 nitrogen and oxygen atoms in total. The van der Waals surface area contributed by atoms with E-state index in [1.165, 1.54) is 13.3 Å². The highest BCUT2D eigenvalue weighted by Gasteiger charge is 2.10. The maximum Gasteiger partial charge on any atom is 0.232 e. The van der Waals surface area contributed by atoms with Crippen LogP contribution in [0, 0.1) is 0 Å². The van der Waals surface area contributed by atoms with E-state index in [1.54, 1.807) is 12.1 Å². The van der Waals surface area contributed by atoms with Gasteiger partial charge in [0.05, 0.1) is 24.7 Å². The summed E-state index contributed by atoms with van der Waals surface area (Å²) in [4.78, 5) is 3.94. The Labute approximate surface area is 114 Å². The molecule has 0 aromatic carbocycles. The molecule has 0 saturated heterocycles. The number of anilines is 1. The third-order valence-corrected chi connectivity index (χ3v) is 3.73. The van der Waals surface area contributed by atoms with Gasteiger partial charge in [0, 0.05) is 12.1 Å². The number of pyridine rings is 1. The first-order valence-corrected chi connectivity index (χ1v) is 7.82. The van der Waals surface area contributed by atoms with E-state index >= 15 is 0 Å². The van der Waals surface area contributed by atoms with E-state index < -0.39 is 10.0 Å². The van der Waals surface area contributed by atoms with Gasteiger partial charge in [0.25, 0.3) is 0 Å². The zero-order valence-corrected chi connectivity index (χ0v) is 12.3. The van der Waals surface area contributed by atoms with Crippen molar-refractivity contribution < 1.29 is 13.2 Å². The van der Waals surface area contributed by atoms with Gasteiger partial charge < -0.3 is 10.1 Å². The summed E-state index contributed by atoms with van der Waals surface area (Å²) in [5.41, 5.74) is 0.442. The maximum atomic E-state index is 11.8. The van der Waals surface area contributed by atoms with E-state index in [-0.39, 0.29) is 5.75 Å². The average molecular weight is 287 g/mol. The van der Waals surface area contributed by atoms with Gasteiger partial charge in [-0.25, -0.2) is 13.4 Å². The predicted octanol–water partition coefficient (Wildman–Crippen LogP) is 1.22. The summed E-state index contributed by atoms with van der Waals surface area (Å²) < 4.78 is 31.0. The summed E-state index contributed by atoms with van der Waals surface area (Å²) in [6.07, 6.45) is 2.00. The first-order valence-electron chi connectivity index (χ1n) is 6.17. The molecule has 1 aromatic heterocycles. The molecular weight excluding hydrogens is 266 g/mol. The van der Waals surface area contributed by atoms with Crippen molar-refractivity contribution in [3.05, 3.63) is 18.3 Å². The second-order valence-corrected chi connectivity index (χ2v) is 6.31. The fraction of sp³-hybridized carbons (Fsp3) is 0.583. The number of nitrogens with zero attached hydrogens (tertiary/aromatic N) is 1. The van der Waals surface area contributed by atoms with Crippen LogP contribution < -0.4 is 14.8 Å². The molecule has 0 radical (unpaired) electrons. The quantitative estimate of drug-likeness (QED) is 0.703. The standard InChI is InChI=1S/C12H21N3O3S/c1-10(2)13-7-4-8-19(16,17)15-11-5-6-12(18-3)14-9-11/h5-6,9-10,13,15H,4,7-8H2,1-3H3. The smallest absolute Gasteiger partial charge is 0.232 e. The van der Waals surface area contributed by atoms with Gasteiger partial charge in [-0.1, -0.05) is 13.8 Å². The molecule has 1 aromatic rings. The molecule has 0 spiro atoms. The molecule has 0 amide bonds. The van der Waals surface area contributed by atoms with Crippen LogP contribution in [-0.4, -0.2) is 38.9 Å². The van der Waals surface area contributed by atoms with Crippen molar-refractivity contribution in [2.45, 2.75) is 26.3 Å². The molecule has 7 heteroatoms. The van der Waals surface area contributed by atoms with Crippen molar-refractivity contribution in [2.75, 3.05) is 24.1 Å². The number of aromatic nitrogens is 1. The van der Waals surface area contributed by atoms with Gasteiger partial charge in [-0.15, -0.1) is 0 Å². The normalized spacial score (nSPS) is 11.6. The van der Waals surface area contributed by atoms with Crippen molar-refractivity contribution in [1.29, 1.82) is 0 Å². The first kappa shape index (κ1) is 15.7. The van der Waals surface area contributed by atoms with E-state index in [9.17, 15) is 8.42 Å². The Morgan fingerprint density at radius 2 is 2.11 bits per heavy atom. The lowest BCUT2D eigenvalue weighted by molar-refractivity contribution is 0.398. The molecule has 0 aliphatic heterocycles. The largest absolute Gasteiger partial charge is 0.481 e. The van der Waals surface area contributed by atoms with E-state index in [2.05, 4.69) is 15.0 Å². The Morgan fingerprint density at radius 3 is 2.63 bits per heavy atom. The number of nitrogens with one attached hydrogen (secondary N) is 2. The van der Waals surface area contributed by atoms with Crippen molar-refractivity contribution in [3.8, 4) is 5.88 Å². The maximum absolute atomic E-state index is 11.8. The van der Waals surface area contributed by atoms with Gasteiger partial charge in [0.2, 0.25) is 15.9 Å². The van der Waals surface area contributed by atoms with Crippen molar-refractivity contribution in [3.63, 3.8) is 0 Å². The van der Waals surface area contributed by atoms with Gasteiger partial charge >= 0.3 is 0 Å². The number of hydrogen-bond donors (Lipinski definition) is 2. The Bertz CT molecular complexity index is 471. The van der Waals surface area contributed by atoms with Crippen LogP contribution in [0.15, 0.2) is 18.3 Å². The Kier molecular flexibility index (Phi) is 6.04. The predicted molar refractivity (Wildman–Crippen MR) is 76.0 cm³/mol. The second-order valence-electron chi connectivity index (χ2n) is 4.47. The van der Waals surface area contributed by atoms with Crippen LogP contribution >= 0.6 is 0 Å². The van der Waals surface area contributed by atoms with Crippen molar-refractivity contribution in [1.82, 2.24) is 10.3 Å². The van der Waals surface area contributed by atoms with Crippen LogP contribution in [0.1, 0.15) is 20.3 Å². The van der Waals surface area contributed by atoms with Crippen LogP contribution in [0.2, 0.25) is 0 Å². The summed E-state index contributed by atoms with van der Waals surface area (Å²) in [7, 11) is -1.82. The third kappa shape index (κ3) is 6.40. The highest BCUT2D eigenvalue weighted by molar-refractivity contribution is 7.92. The molecule has 0 aliphatic carbocycles. The van der Waals surface area contributed by atoms with Gasteiger partial charge in [0.15, 0.2) is 0 Å². The molecular formula is C12H21N3O3S. The van der Waals surface area contributed by atoms with Crippen molar-refractivity contribution >= 4 is 15.7 Å². The summed E-state index contributed by atoms with van der Waals surface area (Å²) in [6.45, 7) is 4.73. The Morgan fingerprint density at radius 1 is 1.37 bits per heavy atom. The van der Waals surface area contributed by atoms with Crippen LogP contribution in [0.3, 0.4) is 0 Å². The lowest BCUT2D eigenvalue weighted by Crippen LogP contribution is -2.26. The fourth-order valence-corrected chi connectivity index (χ4v) is 2.55. The number of sulfonamides is 1. The van der Waals surface area contributed by atoms with Gasteiger partial charge in [-0.05, 0) is 19.0 Å². The lowest BCUT2D eigenvalue weighted by atomic mass is 10.4. The molecule has 19 heavy (non-hydrogen) atoms. The van der Waals surface area contributed by atoms with Crippen LogP contribution in [-0.2, 0) is 10.0 Å². The highest BCUT2D eigenvalue weighted by Crippen LogP contribution is 2.12. The monoisotopic (exact) mass is 287 g/mol. The Balaban J connectivity index is 2.44. The number of rotatable bonds is 8. The molecule has 2 N–H and O–H groups in total. The van der Waals surface area contributed by atoms with Gasteiger partial charge in [-0.3, -0.25) is 4.72 Å². The van der Waals surface area contributed by atoms with Crippen LogP contribution in [0.4, 0.5) is 5.69 Å². The molecule has 1 heterocycles. The number of methoxy groups -OCH3 is 1. The fourth-order valence-electron chi connectivity index (χ4n) is 1.44. The number of ether oxygens (including phenoxy) is 1. The topological polar surface area (TPSA) is 80.3 Å². The van der Waals surface area contributed by atoms with E-state index in [1.807, 2.05) is 13.8 Å². The minimum atomic E-state index is -3.32. The summed E-state index contributed by atoms with van der Waals surface area (Å²) in [5.74, 6) is 0.530. The SMILES string of the molecule is COc1ccc(NS(=O)(=O)CCCNC(C)C)cn1. The molecule has 0 bridgehead atoms. The molecule has 0 saturated carbocycles. The average Bonchev–Trinajstić information content (AvgIpc) is 2.35. The minimum Gasteiger partial charge on any atom is -0.481 e. The molecule has 0 unspecified atom stereocenters. The zero-order chi connectivity index (χ0) is 14.3. The van der Waals surface area contributed by atoms with Crippen molar-refractivity contribution in [2.24, 2.45) is 0 Å². The second kappa shape index (κ2) is 7.30. The Hall–Kier alpha value is -1.34. The van der Waals surface area contributed by atoms with Gasteiger partial charge in [0.1, 0.15) is 0 Å². The van der Waals surface area contributed by atoms with E-state index in [0.29, 0.717) is 30.6 Å². The highest BCUT2D eigenvalue weighted by atomic mass is 32.2.